The first kappa shape index (κ1) is 11.2. The molecule has 2 nitrogen and oxygen atoms in total. The minimum Gasteiger partial charge on any atom is -0.382 e. The van der Waals surface area contributed by atoms with Crippen LogP contribution in [0.1, 0.15) is 18.4 Å². The largest absolute Gasteiger partial charge is 0.382 e. The molecule has 2 rings (SSSR count). The van der Waals surface area contributed by atoms with Crippen LogP contribution in [0.2, 0.25) is 0 Å². The number of aryl methyl sites for hydroxylation is 1. The van der Waals surface area contributed by atoms with E-state index in [4.69, 9.17) is 4.74 Å². The van der Waals surface area contributed by atoms with Crippen molar-refractivity contribution in [3.63, 3.8) is 0 Å². The molecule has 82 valence electrons. The first-order chi connectivity index (χ1) is 7.19. The van der Waals surface area contributed by atoms with Gasteiger partial charge in [0.05, 0.1) is 6.10 Å². The third-order valence-corrected chi connectivity index (χ3v) is 4.13. The van der Waals surface area contributed by atoms with Crippen molar-refractivity contribution in [3.8, 4) is 0 Å². The van der Waals surface area contributed by atoms with Crippen LogP contribution in [0.25, 0.3) is 0 Å². The van der Waals surface area contributed by atoms with Crippen LogP contribution in [-0.4, -0.2) is 19.3 Å². The molecular weight excluding hydrogens is 301 g/mol. The summed E-state index contributed by atoms with van der Waals surface area (Å²) in [4.78, 5) is 0. The van der Waals surface area contributed by atoms with E-state index >= 15 is 0 Å². The fraction of sp³-hybridized carbons (Fsp3) is 0.500. The Morgan fingerprint density at radius 1 is 1.40 bits per heavy atom. The normalized spacial score (nSPS) is 24.7. The molecule has 1 aromatic rings. The lowest BCUT2D eigenvalue weighted by atomic mass is 9.89. The molecule has 0 heterocycles. The number of methoxy groups -OCH3 is 1. The topological polar surface area (TPSA) is 21.3 Å². The van der Waals surface area contributed by atoms with Gasteiger partial charge in [-0.3, -0.25) is 0 Å². The number of nitrogens with one attached hydrogen (secondary N) is 1. The van der Waals surface area contributed by atoms with E-state index in [0.29, 0.717) is 12.1 Å². The number of rotatable bonds is 3. The van der Waals surface area contributed by atoms with Crippen molar-refractivity contribution in [1.29, 1.82) is 0 Å². The summed E-state index contributed by atoms with van der Waals surface area (Å²) < 4.78 is 6.58. The van der Waals surface area contributed by atoms with Gasteiger partial charge in [0.25, 0.3) is 0 Å². The molecule has 1 fully saturated rings. The highest BCUT2D eigenvalue weighted by molar-refractivity contribution is 14.1. The summed E-state index contributed by atoms with van der Waals surface area (Å²) in [5, 5.41) is 3.53. The molecule has 1 aliphatic carbocycles. The summed E-state index contributed by atoms with van der Waals surface area (Å²) >= 11 is 2.37. The number of hydrogen-bond acceptors (Lipinski definition) is 2. The summed E-state index contributed by atoms with van der Waals surface area (Å²) in [7, 11) is 1.79. The first-order valence-electron chi connectivity index (χ1n) is 5.24. The molecule has 0 aliphatic heterocycles. The minimum atomic E-state index is 0.465. The minimum absolute atomic E-state index is 0.465. The molecule has 0 atom stereocenters. The zero-order valence-electron chi connectivity index (χ0n) is 9.09. The van der Waals surface area contributed by atoms with Gasteiger partial charge in [0.2, 0.25) is 0 Å². The summed E-state index contributed by atoms with van der Waals surface area (Å²) in [5.41, 5.74) is 2.56. The van der Waals surface area contributed by atoms with Gasteiger partial charge >= 0.3 is 0 Å². The highest BCUT2D eigenvalue weighted by atomic mass is 127. The van der Waals surface area contributed by atoms with Crippen molar-refractivity contribution < 1.29 is 4.74 Å². The molecule has 0 radical (unpaired) electrons. The maximum Gasteiger partial charge on any atom is 0.0610 e. The summed E-state index contributed by atoms with van der Waals surface area (Å²) in [6, 6.07) is 7.11. The van der Waals surface area contributed by atoms with Gasteiger partial charge in [-0.1, -0.05) is 6.07 Å². The molecule has 0 saturated heterocycles. The Labute approximate surface area is 105 Å². The van der Waals surface area contributed by atoms with Gasteiger partial charge in [0, 0.05) is 22.4 Å². The zero-order chi connectivity index (χ0) is 10.8. The molecule has 0 unspecified atom stereocenters. The third-order valence-electron chi connectivity index (χ3n) is 2.97. The van der Waals surface area contributed by atoms with Gasteiger partial charge < -0.3 is 10.1 Å². The van der Waals surface area contributed by atoms with E-state index in [0.717, 1.165) is 12.8 Å². The van der Waals surface area contributed by atoms with Crippen LogP contribution in [0.5, 0.6) is 0 Å². The molecule has 0 bridgehead atoms. The van der Waals surface area contributed by atoms with Crippen molar-refractivity contribution in [1.82, 2.24) is 0 Å². The lowest BCUT2D eigenvalue weighted by Gasteiger charge is -2.35. The Balaban J connectivity index is 1.92. The fourth-order valence-corrected chi connectivity index (χ4v) is 2.31. The van der Waals surface area contributed by atoms with E-state index < -0.39 is 0 Å². The van der Waals surface area contributed by atoms with Gasteiger partial charge in [-0.05, 0) is 60.1 Å². The molecular formula is C12H16INO. The van der Waals surface area contributed by atoms with Crippen LogP contribution in [0.4, 0.5) is 5.69 Å². The van der Waals surface area contributed by atoms with E-state index in [1.807, 2.05) is 0 Å². The van der Waals surface area contributed by atoms with Crippen LogP contribution < -0.4 is 5.32 Å². The van der Waals surface area contributed by atoms with Crippen molar-refractivity contribution in [2.75, 3.05) is 12.4 Å². The zero-order valence-corrected chi connectivity index (χ0v) is 11.2. The Kier molecular flexibility index (Phi) is 3.51. The smallest absolute Gasteiger partial charge is 0.0610 e. The number of hydrogen-bond donors (Lipinski definition) is 1. The second-order valence-corrected chi connectivity index (χ2v) is 5.30. The van der Waals surface area contributed by atoms with Crippen LogP contribution in [0.15, 0.2) is 18.2 Å². The highest BCUT2D eigenvalue weighted by Crippen LogP contribution is 2.27. The summed E-state index contributed by atoms with van der Waals surface area (Å²) in [5.74, 6) is 0. The van der Waals surface area contributed by atoms with Gasteiger partial charge in [-0.25, -0.2) is 0 Å². The monoisotopic (exact) mass is 317 g/mol. The predicted molar refractivity (Wildman–Crippen MR) is 71.3 cm³/mol. The predicted octanol–water partition coefficient (Wildman–Crippen LogP) is 3.19. The van der Waals surface area contributed by atoms with Gasteiger partial charge in [-0.2, -0.15) is 0 Å². The number of anilines is 1. The molecule has 0 aromatic heterocycles. The summed E-state index contributed by atoms with van der Waals surface area (Å²) in [6.07, 6.45) is 2.72. The van der Waals surface area contributed by atoms with Crippen LogP contribution in [0, 0.1) is 10.5 Å². The number of benzene rings is 1. The van der Waals surface area contributed by atoms with Gasteiger partial charge in [-0.15, -0.1) is 0 Å². The van der Waals surface area contributed by atoms with Crippen LogP contribution in [-0.2, 0) is 4.74 Å². The van der Waals surface area contributed by atoms with Crippen molar-refractivity contribution in [3.05, 3.63) is 27.3 Å². The molecule has 1 aliphatic rings. The highest BCUT2D eigenvalue weighted by Gasteiger charge is 2.28. The Bertz CT molecular complexity index is 347. The van der Waals surface area contributed by atoms with Crippen molar-refractivity contribution in [2.45, 2.75) is 31.9 Å². The molecule has 1 aromatic carbocycles. The molecule has 3 heteroatoms. The lowest BCUT2D eigenvalue weighted by molar-refractivity contribution is 0.0329. The maximum absolute atomic E-state index is 5.26. The fourth-order valence-electron chi connectivity index (χ4n) is 1.79. The van der Waals surface area contributed by atoms with Crippen molar-refractivity contribution in [2.24, 2.45) is 0 Å². The Morgan fingerprint density at radius 3 is 2.73 bits per heavy atom. The van der Waals surface area contributed by atoms with E-state index in [9.17, 15) is 0 Å². The van der Waals surface area contributed by atoms with E-state index in [2.05, 4.69) is 53.0 Å². The second kappa shape index (κ2) is 4.70. The number of ether oxygens (including phenoxy) is 1. The van der Waals surface area contributed by atoms with Crippen LogP contribution >= 0.6 is 22.6 Å². The SMILES string of the molecule is COC1CC(Nc2ccc(C)c(I)c2)C1. The summed E-state index contributed by atoms with van der Waals surface area (Å²) in [6.45, 7) is 2.13. The standard InChI is InChI=1S/C12H16INO/c1-8-3-4-9(7-12(8)13)14-10-5-11(6-10)15-2/h3-4,7,10-11,14H,5-6H2,1-2H3. The van der Waals surface area contributed by atoms with E-state index in [1.54, 1.807) is 7.11 Å². The second-order valence-electron chi connectivity index (χ2n) is 4.13. The van der Waals surface area contributed by atoms with Gasteiger partial charge in [0.15, 0.2) is 0 Å². The van der Waals surface area contributed by atoms with E-state index in [-0.39, 0.29) is 0 Å². The van der Waals surface area contributed by atoms with Crippen LogP contribution in [0.3, 0.4) is 0 Å². The average Bonchev–Trinajstić information content (AvgIpc) is 2.16. The Hall–Kier alpha value is -0.290. The van der Waals surface area contributed by atoms with E-state index in [1.165, 1.54) is 14.8 Å². The molecule has 0 spiro atoms. The average molecular weight is 317 g/mol. The maximum atomic E-state index is 5.26. The Morgan fingerprint density at radius 2 is 2.13 bits per heavy atom. The molecule has 0 amide bonds. The lowest BCUT2D eigenvalue weighted by Crippen LogP contribution is -2.40. The molecule has 15 heavy (non-hydrogen) atoms. The molecule has 1 N–H and O–H groups in total. The number of halogens is 1. The van der Waals surface area contributed by atoms with Gasteiger partial charge in [0.1, 0.15) is 0 Å². The first-order valence-corrected chi connectivity index (χ1v) is 6.32. The van der Waals surface area contributed by atoms with Crippen molar-refractivity contribution >= 4 is 28.3 Å². The molecule has 1 saturated carbocycles. The third kappa shape index (κ3) is 2.64. The quantitative estimate of drug-likeness (QED) is 0.865.